The second-order valence-corrected chi connectivity index (χ2v) is 31.9. The summed E-state index contributed by atoms with van der Waals surface area (Å²) in [4.78, 5) is 37.7. The fourth-order valence-electron chi connectivity index (χ4n) is 13.5. The average Bonchev–Trinajstić information content (AvgIpc) is 1.97. The van der Waals surface area contributed by atoms with Crippen molar-refractivity contribution in [2.45, 2.75) is 450 Å². The normalized spacial score (nSPS) is 13.0. The summed E-state index contributed by atoms with van der Waals surface area (Å²) in [5.74, 6) is -2.26. The van der Waals surface area contributed by atoms with E-state index in [1.54, 1.807) is 0 Å². The lowest BCUT2D eigenvalue weighted by atomic mass is 10.0. The van der Waals surface area contributed by atoms with Gasteiger partial charge in [-0.1, -0.05) is 426 Å². The van der Waals surface area contributed by atoms with Crippen LogP contribution in [-0.4, -0.2) is 82.3 Å². The van der Waals surface area contributed by atoms with Crippen LogP contribution in [0.1, 0.15) is 438 Å². The maximum Gasteiger partial charge on any atom is 0.306 e. The molecule has 0 fully saturated rings. The quantitative estimate of drug-likeness (QED) is 0.0195. The predicted octanol–water partition coefficient (Wildman–Crippen LogP) is 28.5. The molecule has 0 aliphatic heterocycles. The number of unbranched alkanes of at least 4 members (excludes halogenated alkanes) is 54. The highest BCUT2D eigenvalue weighted by Crippen LogP contribution is 2.20. The first kappa shape index (κ1) is 101. The Hall–Kier alpha value is -3.79. The van der Waals surface area contributed by atoms with Crippen LogP contribution < -0.4 is 5.11 Å². The zero-order valence-electron chi connectivity index (χ0n) is 70.1. The molecule has 9 heteroatoms. The van der Waals surface area contributed by atoms with E-state index < -0.39 is 24.3 Å². The molecule has 0 N–H and O–H groups in total. The van der Waals surface area contributed by atoms with E-state index in [4.69, 9.17) is 18.9 Å². The van der Waals surface area contributed by atoms with Gasteiger partial charge >= 0.3 is 11.9 Å². The second-order valence-electron chi connectivity index (χ2n) is 31.9. The third-order valence-corrected chi connectivity index (χ3v) is 20.3. The molecule has 0 aromatic carbocycles. The van der Waals surface area contributed by atoms with Crippen LogP contribution in [0.3, 0.4) is 0 Å². The number of esters is 2. The van der Waals surface area contributed by atoms with E-state index in [1.807, 2.05) is 21.1 Å². The number of quaternary nitrogens is 1. The number of ether oxygens (including phenoxy) is 4. The van der Waals surface area contributed by atoms with E-state index in [0.717, 1.165) is 77.0 Å². The largest absolute Gasteiger partial charge is 0.545 e. The maximum absolute atomic E-state index is 13.0. The first-order valence-corrected chi connectivity index (χ1v) is 45.4. The van der Waals surface area contributed by atoms with Crippen molar-refractivity contribution in [2.75, 3.05) is 47.5 Å². The summed E-state index contributed by atoms with van der Waals surface area (Å²) in [5.41, 5.74) is 0. The van der Waals surface area contributed by atoms with Gasteiger partial charge in [0.25, 0.3) is 0 Å². The van der Waals surface area contributed by atoms with Crippen molar-refractivity contribution in [3.63, 3.8) is 0 Å². The lowest BCUT2D eigenvalue weighted by molar-refractivity contribution is -0.870. The Morgan fingerprint density at radius 2 is 0.543 bits per heavy atom. The average molecular weight is 1470 g/mol. The molecular formula is C96H173NO8. The Kier molecular flexibility index (Phi) is 82.7. The van der Waals surface area contributed by atoms with Crippen molar-refractivity contribution >= 4 is 17.9 Å². The number of aliphatic carboxylic acids is 1. The molecule has 610 valence electrons. The minimum Gasteiger partial charge on any atom is -0.545 e. The highest BCUT2D eigenvalue weighted by Gasteiger charge is 2.22. The zero-order valence-corrected chi connectivity index (χ0v) is 70.1. The van der Waals surface area contributed by atoms with Crippen molar-refractivity contribution < 1.29 is 42.9 Å². The highest BCUT2D eigenvalue weighted by atomic mass is 16.7. The van der Waals surface area contributed by atoms with E-state index in [9.17, 15) is 19.5 Å². The summed E-state index contributed by atoms with van der Waals surface area (Å²) in [6.45, 7) is 4.70. The molecular weight excluding hydrogens is 1300 g/mol. The van der Waals surface area contributed by atoms with E-state index in [0.29, 0.717) is 23.9 Å². The number of carboxylic acids is 1. The summed E-state index contributed by atoms with van der Waals surface area (Å²) in [6.07, 6.45) is 117. The van der Waals surface area contributed by atoms with Gasteiger partial charge in [0.15, 0.2) is 12.4 Å². The topological polar surface area (TPSA) is 111 Å². The molecule has 0 aliphatic carbocycles. The van der Waals surface area contributed by atoms with Crippen molar-refractivity contribution in [1.82, 2.24) is 0 Å². The van der Waals surface area contributed by atoms with Crippen molar-refractivity contribution in [2.24, 2.45) is 0 Å². The molecule has 105 heavy (non-hydrogen) atoms. The predicted molar refractivity (Wildman–Crippen MR) is 454 cm³/mol. The van der Waals surface area contributed by atoms with Gasteiger partial charge in [0.05, 0.1) is 40.3 Å². The van der Waals surface area contributed by atoms with E-state index >= 15 is 0 Å². The van der Waals surface area contributed by atoms with Gasteiger partial charge in [-0.15, -0.1) is 0 Å². The summed E-state index contributed by atoms with van der Waals surface area (Å²) >= 11 is 0. The van der Waals surface area contributed by atoms with Crippen LogP contribution in [0.5, 0.6) is 0 Å². The number of hydrogen-bond donors (Lipinski definition) is 0. The Balaban J connectivity index is 3.92. The molecule has 0 amide bonds. The fraction of sp³-hybridized carbons (Fsp3) is 0.802. The standard InChI is InChI=1S/C96H173NO8/c1-6-8-10-12-14-16-18-20-22-24-26-28-30-32-34-36-38-40-42-44-46-47-49-50-52-54-56-58-60-62-64-66-68-70-72-74-76-78-80-82-84-86-93(98)103-90-92(91-104-96(95(100)101)102-89-88-97(3,4)5)105-94(99)87-85-83-81-79-77-75-73-71-69-67-65-63-61-59-57-55-53-51-48-45-43-41-39-37-35-33-31-29-27-25-23-21-19-17-15-13-11-9-7-2/h9,11,15,17,21,23-24,26-27,29,33,35,39,41,45,48,92,96H,6-8,10,12-14,16,18-20,22,25,28,30-32,34,36-38,40,42-44,46-47,49-91H2,1-5H3/b11-9-,17-15-,23-21-,26-24-,29-27-,35-33-,41-39-,48-45-. The first-order valence-electron chi connectivity index (χ1n) is 45.4. The van der Waals surface area contributed by atoms with Crippen LogP contribution in [0.2, 0.25) is 0 Å². The molecule has 0 aromatic rings. The monoisotopic (exact) mass is 1470 g/mol. The molecule has 0 saturated heterocycles. The molecule has 0 saturated carbocycles. The van der Waals surface area contributed by atoms with Crippen LogP contribution in [0.15, 0.2) is 97.2 Å². The SMILES string of the molecule is CC/C=C\C/C=C\C/C=C\C/C=C\C/C=C\C/C=C\C/C=C\CCCCCCCCCCCCCCCCCCCC(=O)OC(COC(=O)CCCCCCCCCCCCCCCCCCCCCCCCCCCCCCC/C=C\CCCCCCCCCC)COC(OCC[N+](C)(C)C)C(=O)[O-]. The Labute approximate surface area is 652 Å². The maximum atomic E-state index is 13.0. The molecule has 0 rings (SSSR count). The Morgan fingerprint density at radius 1 is 0.295 bits per heavy atom. The minimum absolute atomic E-state index is 0.148. The summed E-state index contributed by atoms with van der Waals surface area (Å²) < 4.78 is 22.9. The Morgan fingerprint density at radius 3 is 0.819 bits per heavy atom. The van der Waals surface area contributed by atoms with Crippen LogP contribution in [-0.2, 0) is 33.3 Å². The fourth-order valence-corrected chi connectivity index (χ4v) is 13.5. The molecule has 0 radical (unpaired) electrons. The van der Waals surface area contributed by atoms with Crippen molar-refractivity contribution in [3.8, 4) is 0 Å². The van der Waals surface area contributed by atoms with Crippen LogP contribution in [0.4, 0.5) is 0 Å². The molecule has 0 heterocycles. The lowest BCUT2D eigenvalue weighted by Crippen LogP contribution is -2.44. The minimum atomic E-state index is -1.62. The summed E-state index contributed by atoms with van der Waals surface area (Å²) in [6, 6.07) is 0. The molecule has 9 nitrogen and oxygen atoms in total. The highest BCUT2D eigenvalue weighted by molar-refractivity contribution is 5.70. The Bertz CT molecular complexity index is 2060. The van der Waals surface area contributed by atoms with Crippen LogP contribution >= 0.6 is 0 Å². The number of carbonyl (C=O) groups is 3. The van der Waals surface area contributed by atoms with Gasteiger partial charge in [0.2, 0.25) is 0 Å². The summed E-state index contributed by atoms with van der Waals surface area (Å²) in [5, 5.41) is 11.9. The van der Waals surface area contributed by atoms with Crippen LogP contribution in [0.25, 0.3) is 0 Å². The zero-order chi connectivity index (χ0) is 76.0. The smallest absolute Gasteiger partial charge is 0.306 e. The number of carbonyl (C=O) groups excluding carboxylic acids is 3. The molecule has 2 atom stereocenters. The molecule has 0 spiro atoms. The summed E-state index contributed by atoms with van der Waals surface area (Å²) in [7, 11) is 5.95. The second kappa shape index (κ2) is 85.8. The molecule has 2 unspecified atom stereocenters. The first-order chi connectivity index (χ1) is 51.6. The number of nitrogens with zero attached hydrogens (tertiary/aromatic N) is 1. The molecule has 0 aliphatic rings. The van der Waals surface area contributed by atoms with Gasteiger partial charge in [0.1, 0.15) is 13.2 Å². The molecule has 0 aromatic heterocycles. The third kappa shape index (κ3) is 87.3. The van der Waals surface area contributed by atoms with E-state index in [2.05, 4.69) is 111 Å². The van der Waals surface area contributed by atoms with Gasteiger partial charge in [0, 0.05) is 12.8 Å². The molecule has 0 bridgehead atoms. The number of rotatable bonds is 85. The van der Waals surface area contributed by atoms with Crippen molar-refractivity contribution in [3.05, 3.63) is 97.2 Å². The van der Waals surface area contributed by atoms with Gasteiger partial charge < -0.3 is 33.3 Å². The number of carboxylic acid groups (broad SMARTS) is 1. The number of allylic oxidation sites excluding steroid dienone is 16. The van der Waals surface area contributed by atoms with Gasteiger partial charge in [-0.2, -0.15) is 0 Å². The van der Waals surface area contributed by atoms with Gasteiger partial charge in [-0.25, -0.2) is 0 Å². The van der Waals surface area contributed by atoms with E-state index in [1.165, 1.54) is 327 Å². The van der Waals surface area contributed by atoms with Gasteiger partial charge in [-0.3, -0.25) is 9.59 Å². The van der Waals surface area contributed by atoms with Crippen LogP contribution in [0, 0.1) is 0 Å². The van der Waals surface area contributed by atoms with E-state index in [-0.39, 0.29) is 32.2 Å². The van der Waals surface area contributed by atoms with Crippen molar-refractivity contribution in [1.29, 1.82) is 0 Å². The lowest BCUT2D eigenvalue weighted by Gasteiger charge is -2.26. The number of hydrogen-bond acceptors (Lipinski definition) is 8. The van der Waals surface area contributed by atoms with Gasteiger partial charge in [-0.05, 0) is 96.3 Å². The third-order valence-electron chi connectivity index (χ3n) is 20.3. The number of likely N-dealkylation sites (N-methyl/N-ethyl adjacent to an activating group) is 1.